The first kappa shape index (κ1) is 30.5. The molecule has 0 unspecified atom stereocenters. The van der Waals surface area contributed by atoms with Crippen molar-refractivity contribution in [3.8, 4) is 5.75 Å². The third-order valence-corrected chi connectivity index (χ3v) is 10.5. The van der Waals surface area contributed by atoms with Crippen LogP contribution in [0, 0.1) is 19.8 Å². The van der Waals surface area contributed by atoms with Gasteiger partial charge in [-0.15, -0.1) is 0 Å². The summed E-state index contributed by atoms with van der Waals surface area (Å²) in [5.74, 6) is -0.471. The number of carbonyl (C=O) groups excluding carboxylic acids is 1. The van der Waals surface area contributed by atoms with E-state index in [4.69, 9.17) is 9.26 Å². The molecule has 12 nitrogen and oxygen atoms in total. The first-order chi connectivity index (χ1) is 19.3. The van der Waals surface area contributed by atoms with Crippen LogP contribution < -0.4 is 9.46 Å². The van der Waals surface area contributed by atoms with Gasteiger partial charge in [-0.05, 0) is 51.1 Å². The summed E-state index contributed by atoms with van der Waals surface area (Å²) in [5, 5.41) is 13.6. The first-order valence-electron chi connectivity index (χ1n) is 13.0. The predicted octanol–water partition coefficient (Wildman–Crippen LogP) is 2.63. The molecule has 1 amide bonds. The Morgan fingerprint density at radius 1 is 1.15 bits per heavy atom. The van der Waals surface area contributed by atoms with E-state index in [-0.39, 0.29) is 63.9 Å². The zero-order valence-corrected chi connectivity index (χ0v) is 25.1. The van der Waals surface area contributed by atoms with Crippen molar-refractivity contribution >= 4 is 31.6 Å². The van der Waals surface area contributed by atoms with Crippen molar-refractivity contribution in [3.63, 3.8) is 0 Å². The minimum Gasteiger partial charge on any atom is -0.488 e. The van der Waals surface area contributed by atoms with Crippen LogP contribution in [0.4, 0.5) is 5.69 Å². The van der Waals surface area contributed by atoms with E-state index in [1.165, 1.54) is 49.2 Å². The number of rotatable bonds is 9. The molecule has 1 aliphatic rings. The van der Waals surface area contributed by atoms with Gasteiger partial charge in [-0.1, -0.05) is 30.3 Å². The van der Waals surface area contributed by atoms with Gasteiger partial charge in [0.05, 0.1) is 29.7 Å². The van der Waals surface area contributed by atoms with Crippen LogP contribution in [0.5, 0.6) is 5.75 Å². The fraction of sp³-hybridized carbons (Fsp3) is 0.407. The average Bonchev–Trinajstić information content (AvgIpc) is 3.28. The molecule has 2 heterocycles. The van der Waals surface area contributed by atoms with Crippen LogP contribution in [0.2, 0.25) is 0 Å². The quantitative estimate of drug-likeness (QED) is 0.373. The Bertz CT molecular complexity index is 1600. The number of amides is 1. The topological polar surface area (TPSA) is 159 Å². The molecule has 0 radical (unpaired) electrons. The Kier molecular flexibility index (Phi) is 8.78. The number of aryl methyl sites for hydroxylation is 2. The van der Waals surface area contributed by atoms with Gasteiger partial charge in [-0.3, -0.25) is 9.52 Å². The van der Waals surface area contributed by atoms with Gasteiger partial charge in [0.1, 0.15) is 22.4 Å². The molecular formula is C27H34N4O8S2. The molecule has 1 aromatic heterocycles. The van der Waals surface area contributed by atoms with E-state index in [0.29, 0.717) is 0 Å². The van der Waals surface area contributed by atoms with Gasteiger partial charge >= 0.3 is 0 Å². The maximum absolute atomic E-state index is 13.7. The largest absolute Gasteiger partial charge is 0.488 e. The molecule has 222 valence electrons. The molecule has 1 aliphatic heterocycles. The van der Waals surface area contributed by atoms with Crippen molar-refractivity contribution in [2.75, 3.05) is 31.5 Å². The van der Waals surface area contributed by atoms with Crippen molar-refractivity contribution < 1.29 is 36.0 Å². The smallest absolute Gasteiger partial charge is 0.261 e. The Labute approximate surface area is 240 Å². The lowest BCUT2D eigenvalue weighted by atomic mass is 9.99. The van der Waals surface area contributed by atoms with Gasteiger partial charge in [0.2, 0.25) is 10.0 Å². The molecule has 14 heteroatoms. The van der Waals surface area contributed by atoms with E-state index in [2.05, 4.69) is 9.88 Å². The van der Waals surface area contributed by atoms with E-state index in [1.54, 1.807) is 32.0 Å². The second-order valence-electron chi connectivity index (χ2n) is 10.2. The number of hydrogen-bond donors (Lipinski definition) is 2. The molecular weight excluding hydrogens is 572 g/mol. The number of sulfonamides is 2. The van der Waals surface area contributed by atoms with Crippen molar-refractivity contribution in [2.45, 2.75) is 49.6 Å². The van der Waals surface area contributed by atoms with Crippen molar-refractivity contribution in [1.29, 1.82) is 0 Å². The maximum atomic E-state index is 13.7. The summed E-state index contributed by atoms with van der Waals surface area (Å²) < 4.78 is 67.6. The van der Waals surface area contributed by atoms with Crippen molar-refractivity contribution in [2.24, 2.45) is 5.92 Å². The number of ether oxygens (including phenoxy) is 1. The number of aliphatic hydroxyl groups is 1. The molecule has 41 heavy (non-hydrogen) atoms. The summed E-state index contributed by atoms with van der Waals surface area (Å²) in [6, 6.07) is 11.6. The molecule has 3 aromatic rings. The van der Waals surface area contributed by atoms with Gasteiger partial charge in [-0.2, -0.15) is 4.31 Å². The van der Waals surface area contributed by atoms with E-state index in [1.807, 2.05) is 6.92 Å². The van der Waals surface area contributed by atoms with Crippen LogP contribution in [0.3, 0.4) is 0 Å². The number of aliphatic hydroxyl groups excluding tert-OH is 1. The van der Waals surface area contributed by atoms with E-state index in [0.717, 1.165) is 4.31 Å². The second kappa shape index (κ2) is 11.8. The molecule has 2 aromatic carbocycles. The van der Waals surface area contributed by atoms with Gasteiger partial charge in [0, 0.05) is 25.2 Å². The Morgan fingerprint density at radius 3 is 2.44 bits per heavy atom. The summed E-state index contributed by atoms with van der Waals surface area (Å²) in [6.07, 6.45) is -0.706. The number of benzene rings is 2. The zero-order valence-electron chi connectivity index (χ0n) is 23.4. The van der Waals surface area contributed by atoms with Crippen LogP contribution in [0.25, 0.3) is 0 Å². The van der Waals surface area contributed by atoms with Crippen LogP contribution in [-0.4, -0.2) is 81.1 Å². The lowest BCUT2D eigenvalue weighted by molar-refractivity contribution is 0.0387. The number of nitrogens with one attached hydrogen (secondary N) is 1. The van der Waals surface area contributed by atoms with Crippen LogP contribution >= 0.6 is 0 Å². The average molecular weight is 607 g/mol. The summed E-state index contributed by atoms with van der Waals surface area (Å²) >= 11 is 0. The van der Waals surface area contributed by atoms with E-state index in [9.17, 15) is 26.7 Å². The molecule has 3 atom stereocenters. The molecule has 0 bridgehead atoms. The Morgan fingerprint density at radius 2 is 1.83 bits per heavy atom. The fourth-order valence-electron chi connectivity index (χ4n) is 4.67. The normalized spacial score (nSPS) is 18.8. The SMILES string of the molecule is Cc1noc(C)c1S(=O)(=O)N(C)C[C@@H]1Oc2ccc(NS(=O)(=O)c3ccccc3)cc2C(=O)N([C@H](C)CO)C[C@@H]1C. The third kappa shape index (κ3) is 6.25. The molecule has 0 fully saturated rings. The standard InChI is InChI=1S/C27H34N4O8S2/c1-17-14-31(18(2)16-32)27(33)23-13-21(29-40(34,35)22-9-7-6-8-10-22)11-12-24(23)38-25(17)15-30(5)41(36,37)26-19(3)28-39-20(26)4/h6-13,17-18,25,29,32H,14-16H2,1-5H3/t17-,18+,25-/m0/s1. The number of fused-ring (bicyclic) bond motifs is 1. The van der Waals surface area contributed by atoms with Gasteiger partial charge in [-0.25, -0.2) is 16.8 Å². The van der Waals surface area contributed by atoms with Crippen LogP contribution in [0.1, 0.15) is 35.7 Å². The highest BCUT2D eigenvalue weighted by atomic mass is 32.2. The number of likely N-dealkylation sites (N-methyl/N-ethyl adjacent to an activating group) is 1. The minimum atomic E-state index is -3.98. The highest BCUT2D eigenvalue weighted by molar-refractivity contribution is 7.92. The summed E-state index contributed by atoms with van der Waals surface area (Å²) in [6.45, 7) is 6.38. The van der Waals surface area contributed by atoms with Gasteiger partial charge < -0.3 is 19.3 Å². The number of hydrogen-bond acceptors (Lipinski definition) is 9. The minimum absolute atomic E-state index is 0.0139. The third-order valence-electron chi connectivity index (χ3n) is 7.04. The first-order valence-corrected chi connectivity index (χ1v) is 15.9. The molecule has 2 N–H and O–H groups in total. The highest BCUT2D eigenvalue weighted by Gasteiger charge is 2.37. The molecule has 0 aliphatic carbocycles. The highest BCUT2D eigenvalue weighted by Crippen LogP contribution is 2.32. The number of aromatic nitrogens is 1. The second-order valence-corrected chi connectivity index (χ2v) is 13.9. The Hall–Kier alpha value is -3.46. The van der Waals surface area contributed by atoms with Crippen molar-refractivity contribution in [1.82, 2.24) is 14.4 Å². The lowest BCUT2D eigenvalue weighted by Crippen LogP contribution is -2.50. The number of nitrogens with zero attached hydrogens (tertiary/aromatic N) is 3. The van der Waals surface area contributed by atoms with Gasteiger partial charge in [0.15, 0.2) is 5.76 Å². The summed E-state index contributed by atoms with van der Waals surface area (Å²) in [7, 11) is -6.48. The summed E-state index contributed by atoms with van der Waals surface area (Å²) in [4.78, 5) is 15.2. The predicted molar refractivity (Wildman–Crippen MR) is 151 cm³/mol. The monoisotopic (exact) mass is 606 g/mol. The zero-order chi connectivity index (χ0) is 30.1. The Balaban J connectivity index is 1.70. The van der Waals surface area contributed by atoms with Gasteiger partial charge in [0.25, 0.3) is 15.9 Å². The molecule has 0 spiro atoms. The van der Waals surface area contributed by atoms with E-state index < -0.39 is 38.1 Å². The molecule has 0 saturated carbocycles. The summed E-state index contributed by atoms with van der Waals surface area (Å²) in [5.41, 5.74) is 0.460. The fourth-order valence-corrected chi connectivity index (χ4v) is 7.20. The molecule has 0 saturated heterocycles. The number of anilines is 1. The molecule has 4 rings (SSSR count). The van der Waals surface area contributed by atoms with Crippen LogP contribution in [0.15, 0.2) is 62.8 Å². The van der Waals surface area contributed by atoms with E-state index >= 15 is 0 Å². The van der Waals surface area contributed by atoms with Crippen LogP contribution in [-0.2, 0) is 20.0 Å². The van der Waals surface area contributed by atoms with Crippen molar-refractivity contribution in [3.05, 3.63) is 65.5 Å². The lowest BCUT2D eigenvalue weighted by Gasteiger charge is -2.38. The number of carbonyl (C=O) groups is 1. The maximum Gasteiger partial charge on any atom is 0.261 e.